The molecular weight excluding hydrogens is 332 g/mol. The highest BCUT2D eigenvalue weighted by Gasteiger charge is 2.23. The van der Waals surface area contributed by atoms with Crippen LogP contribution in [-0.2, 0) is 11.3 Å². The van der Waals surface area contributed by atoms with Gasteiger partial charge in [0.1, 0.15) is 5.82 Å². The number of carbonyl (C=O) groups excluding carboxylic acids is 1. The molecule has 1 saturated heterocycles. The number of rotatable bonds is 6. The summed E-state index contributed by atoms with van der Waals surface area (Å²) in [5, 5.41) is 6.63. The summed E-state index contributed by atoms with van der Waals surface area (Å²) >= 11 is 0. The van der Waals surface area contributed by atoms with Gasteiger partial charge in [-0.2, -0.15) is 4.98 Å². The average molecular weight is 356 g/mol. The lowest BCUT2D eigenvalue weighted by molar-refractivity contribution is 0.0983. The number of piperidine rings is 1. The number of carbonyl (C=O) groups is 1. The number of hydrogen-bond donors (Lipinski definition) is 2. The van der Waals surface area contributed by atoms with Crippen LogP contribution in [0.2, 0.25) is 0 Å². The van der Waals surface area contributed by atoms with Crippen LogP contribution < -0.4 is 10.6 Å². The first kappa shape index (κ1) is 17.9. The minimum atomic E-state index is -0.227. The summed E-state index contributed by atoms with van der Waals surface area (Å²) in [7, 11) is 0. The summed E-state index contributed by atoms with van der Waals surface area (Å²) in [5.41, 5.74) is 1.07. The van der Waals surface area contributed by atoms with Gasteiger partial charge in [0.2, 0.25) is 5.95 Å². The van der Waals surface area contributed by atoms with Crippen LogP contribution >= 0.6 is 0 Å². The van der Waals surface area contributed by atoms with Gasteiger partial charge in [-0.3, -0.25) is 4.98 Å². The highest BCUT2D eigenvalue weighted by atomic mass is 16.6. The number of anilines is 2. The largest absolute Gasteiger partial charge is 0.450 e. The lowest BCUT2D eigenvalue weighted by Gasteiger charge is -2.31. The monoisotopic (exact) mass is 356 g/mol. The number of nitrogens with one attached hydrogen (secondary N) is 2. The fourth-order valence-electron chi connectivity index (χ4n) is 2.84. The minimum absolute atomic E-state index is 0.227. The Labute approximate surface area is 153 Å². The van der Waals surface area contributed by atoms with Crippen molar-refractivity contribution >= 4 is 17.9 Å². The van der Waals surface area contributed by atoms with E-state index in [4.69, 9.17) is 4.74 Å². The molecule has 3 rings (SSSR count). The van der Waals surface area contributed by atoms with E-state index in [1.165, 1.54) is 0 Å². The van der Waals surface area contributed by atoms with Crippen molar-refractivity contribution in [3.8, 4) is 0 Å². The second-order valence-corrected chi connectivity index (χ2v) is 6.08. The topological polar surface area (TPSA) is 92.3 Å². The smallest absolute Gasteiger partial charge is 0.409 e. The molecule has 0 aliphatic carbocycles. The number of likely N-dealkylation sites (tertiary alicyclic amines) is 1. The van der Waals surface area contributed by atoms with Crippen LogP contribution in [0.5, 0.6) is 0 Å². The van der Waals surface area contributed by atoms with Crippen LogP contribution in [0.15, 0.2) is 36.8 Å². The van der Waals surface area contributed by atoms with Crippen molar-refractivity contribution in [2.45, 2.75) is 32.4 Å². The standard InChI is InChI=1S/C18H24N6O2/c1-2-26-18(25)24-10-6-15(7-11-24)22-16-5-9-20-17(23-16)21-13-14-4-3-8-19-12-14/h3-5,8-9,12,15H,2,6-7,10-11,13H2,1H3,(H2,20,21,22,23). The summed E-state index contributed by atoms with van der Waals surface area (Å²) in [6.45, 7) is 4.23. The van der Waals surface area contributed by atoms with Crippen LogP contribution in [0.3, 0.4) is 0 Å². The Morgan fingerprint density at radius 1 is 1.31 bits per heavy atom. The highest BCUT2D eigenvalue weighted by molar-refractivity contribution is 5.67. The molecule has 2 N–H and O–H groups in total. The summed E-state index contributed by atoms with van der Waals surface area (Å²) in [4.78, 5) is 26.3. The summed E-state index contributed by atoms with van der Waals surface area (Å²) in [6, 6.07) is 6.03. The number of hydrogen-bond acceptors (Lipinski definition) is 7. The molecule has 0 unspecified atom stereocenters. The number of pyridine rings is 1. The second-order valence-electron chi connectivity index (χ2n) is 6.08. The molecule has 8 heteroatoms. The quantitative estimate of drug-likeness (QED) is 0.821. The normalized spacial score (nSPS) is 14.7. The molecule has 1 aliphatic rings. The zero-order valence-corrected chi connectivity index (χ0v) is 14.9. The SMILES string of the molecule is CCOC(=O)N1CCC(Nc2ccnc(NCc3cccnc3)n2)CC1. The molecule has 26 heavy (non-hydrogen) atoms. The first-order valence-electron chi connectivity index (χ1n) is 8.88. The maximum Gasteiger partial charge on any atom is 0.409 e. The fourth-order valence-corrected chi connectivity index (χ4v) is 2.84. The van der Waals surface area contributed by atoms with Gasteiger partial charge in [0, 0.05) is 44.3 Å². The average Bonchev–Trinajstić information content (AvgIpc) is 2.68. The Morgan fingerprint density at radius 2 is 2.15 bits per heavy atom. The zero-order chi connectivity index (χ0) is 18.2. The maximum atomic E-state index is 11.7. The first-order valence-corrected chi connectivity index (χ1v) is 8.88. The van der Waals surface area contributed by atoms with Gasteiger partial charge >= 0.3 is 6.09 Å². The molecule has 138 valence electrons. The van der Waals surface area contributed by atoms with Crippen molar-refractivity contribution in [1.82, 2.24) is 19.9 Å². The van der Waals surface area contributed by atoms with Gasteiger partial charge in [-0.1, -0.05) is 6.07 Å². The molecule has 3 heterocycles. The number of ether oxygens (including phenoxy) is 1. The minimum Gasteiger partial charge on any atom is -0.450 e. The van der Waals surface area contributed by atoms with E-state index in [0.29, 0.717) is 32.2 Å². The molecule has 0 saturated carbocycles. The molecule has 0 spiro atoms. The van der Waals surface area contributed by atoms with E-state index >= 15 is 0 Å². The van der Waals surface area contributed by atoms with Gasteiger partial charge < -0.3 is 20.3 Å². The van der Waals surface area contributed by atoms with Crippen molar-refractivity contribution in [2.24, 2.45) is 0 Å². The molecule has 2 aromatic rings. The van der Waals surface area contributed by atoms with Crippen LogP contribution in [0.1, 0.15) is 25.3 Å². The molecule has 0 bridgehead atoms. The van der Waals surface area contributed by atoms with E-state index in [2.05, 4.69) is 25.6 Å². The van der Waals surface area contributed by atoms with E-state index in [1.54, 1.807) is 17.3 Å². The van der Waals surface area contributed by atoms with Crippen molar-refractivity contribution < 1.29 is 9.53 Å². The molecular formula is C18H24N6O2. The molecule has 1 amide bonds. The van der Waals surface area contributed by atoms with Gasteiger partial charge in [-0.25, -0.2) is 9.78 Å². The number of nitrogens with zero attached hydrogens (tertiary/aromatic N) is 4. The number of amides is 1. The van der Waals surface area contributed by atoms with E-state index in [9.17, 15) is 4.79 Å². The van der Waals surface area contributed by atoms with E-state index in [1.807, 2.05) is 31.3 Å². The van der Waals surface area contributed by atoms with Crippen molar-refractivity contribution in [3.63, 3.8) is 0 Å². The fraction of sp³-hybridized carbons (Fsp3) is 0.444. The molecule has 1 aliphatic heterocycles. The highest BCUT2D eigenvalue weighted by Crippen LogP contribution is 2.16. The van der Waals surface area contributed by atoms with E-state index in [-0.39, 0.29) is 12.1 Å². The summed E-state index contributed by atoms with van der Waals surface area (Å²) in [5.74, 6) is 1.35. The second kappa shape index (κ2) is 8.98. The lowest BCUT2D eigenvalue weighted by Crippen LogP contribution is -2.42. The Hall–Kier alpha value is -2.90. The van der Waals surface area contributed by atoms with Gasteiger partial charge in [-0.05, 0) is 37.5 Å². The van der Waals surface area contributed by atoms with Gasteiger partial charge in [0.05, 0.1) is 6.61 Å². The van der Waals surface area contributed by atoms with Crippen LogP contribution in [0.25, 0.3) is 0 Å². The molecule has 1 fully saturated rings. The summed E-state index contributed by atoms with van der Waals surface area (Å²) < 4.78 is 5.05. The van der Waals surface area contributed by atoms with Crippen molar-refractivity contribution in [2.75, 3.05) is 30.3 Å². The molecule has 2 aromatic heterocycles. The first-order chi connectivity index (χ1) is 12.7. The maximum absolute atomic E-state index is 11.7. The third-order valence-electron chi connectivity index (χ3n) is 4.20. The molecule has 0 radical (unpaired) electrons. The molecule has 8 nitrogen and oxygen atoms in total. The number of aromatic nitrogens is 3. The van der Waals surface area contributed by atoms with Gasteiger partial charge in [0.25, 0.3) is 0 Å². The van der Waals surface area contributed by atoms with Crippen molar-refractivity contribution in [3.05, 3.63) is 42.4 Å². The zero-order valence-electron chi connectivity index (χ0n) is 14.9. The third kappa shape index (κ3) is 5.05. The van der Waals surface area contributed by atoms with Crippen LogP contribution in [-0.4, -0.2) is 51.7 Å². The molecule has 0 atom stereocenters. The van der Waals surface area contributed by atoms with Crippen LogP contribution in [0, 0.1) is 0 Å². The Balaban J connectivity index is 1.49. The van der Waals surface area contributed by atoms with Gasteiger partial charge in [-0.15, -0.1) is 0 Å². The Kier molecular flexibility index (Phi) is 6.19. The summed E-state index contributed by atoms with van der Waals surface area (Å²) in [6.07, 6.45) is 6.79. The predicted octanol–water partition coefficient (Wildman–Crippen LogP) is 2.52. The Bertz CT molecular complexity index is 704. The van der Waals surface area contributed by atoms with E-state index < -0.39 is 0 Å². The third-order valence-corrected chi connectivity index (χ3v) is 4.20. The lowest BCUT2D eigenvalue weighted by atomic mass is 10.1. The van der Waals surface area contributed by atoms with E-state index in [0.717, 1.165) is 24.2 Å². The van der Waals surface area contributed by atoms with Gasteiger partial charge in [0.15, 0.2) is 0 Å². The predicted molar refractivity (Wildman–Crippen MR) is 98.8 cm³/mol. The Morgan fingerprint density at radius 3 is 2.88 bits per heavy atom. The van der Waals surface area contributed by atoms with Crippen molar-refractivity contribution in [1.29, 1.82) is 0 Å². The molecule has 0 aromatic carbocycles. The van der Waals surface area contributed by atoms with Crippen LogP contribution in [0.4, 0.5) is 16.6 Å².